The van der Waals surface area contributed by atoms with Gasteiger partial charge in [-0.1, -0.05) is 11.2 Å². The number of hydrogen-bond acceptors (Lipinski definition) is 5. The molecule has 94 valence electrons. The second-order valence-corrected chi connectivity index (χ2v) is 3.98. The fourth-order valence-electron chi connectivity index (χ4n) is 1.71. The molecular weight excluding hydrogens is 230 g/mol. The van der Waals surface area contributed by atoms with E-state index in [2.05, 4.69) is 21.2 Å². The van der Waals surface area contributed by atoms with Crippen LogP contribution in [0.4, 0.5) is 0 Å². The largest absolute Gasteiger partial charge is 0.448 e. The van der Waals surface area contributed by atoms with E-state index < -0.39 is 0 Å². The van der Waals surface area contributed by atoms with E-state index >= 15 is 0 Å². The Balaban J connectivity index is 1.72. The Morgan fingerprint density at radius 2 is 2.22 bits per heavy atom. The minimum atomic E-state index is 0.541. The maximum atomic E-state index is 8.35. The molecule has 0 spiro atoms. The van der Waals surface area contributed by atoms with Crippen molar-refractivity contribution in [3.05, 3.63) is 47.9 Å². The van der Waals surface area contributed by atoms with Crippen LogP contribution in [0.3, 0.4) is 0 Å². The molecule has 0 fully saturated rings. The molecule has 0 aliphatic carbocycles. The van der Waals surface area contributed by atoms with Crippen LogP contribution in [0.5, 0.6) is 0 Å². The summed E-state index contributed by atoms with van der Waals surface area (Å²) in [5, 5.41) is 11.3. The van der Waals surface area contributed by atoms with E-state index in [-0.39, 0.29) is 0 Å². The number of aromatic nitrogens is 2. The SMILES string of the molecule is ON=Cc1coc(CCCCc2cccnc2)n1. The molecule has 2 heterocycles. The second-order valence-electron chi connectivity index (χ2n) is 3.98. The lowest BCUT2D eigenvalue weighted by Crippen LogP contribution is -1.91. The average Bonchev–Trinajstić information content (AvgIpc) is 2.84. The highest BCUT2D eigenvalue weighted by Crippen LogP contribution is 2.08. The second kappa shape index (κ2) is 6.54. The quantitative estimate of drug-likeness (QED) is 0.367. The minimum absolute atomic E-state index is 0.541. The normalized spacial score (nSPS) is 11.1. The molecule has 0 saturated carbocycles. The molecule has 5 nitrogen and oxygen atoms in total. The first-order valence-electron chi connectivity index (χ1n) is 5.89. The molecule has 0 unspecified atom stereocenters. The lowest BCUT2D eigenvalue weighted by Gasteiger charge is -1.99. The average molecular weight is 245 g/mol. The smallest absolute Gasteiger partial charge is 0.194 e. The summed E-state index contributed by atoms with van der Waals surface area (Å²) in [5.41, 5.74) is 1.79. The minimum Gasteiger partial charge on any atom is -0.448 e. The predicted octanol–water partition coefficient (Wildman–Crippen LogP) is 2.44. The van der Waals surface area contributed by atoms with Crippen molar-refractivity contribution in [2.45, 2.75) is 25.7 Å². The molecule has 0 atom stereocenters. The summed E-state index contributed by atoms with van der Waals surface area (Å²) in [5.74, 6) is 0.677. The molecule has 1 N–H and O–H groups in total. The van der Waals surface area contributed by atoms with Crippen molar-refractivity contribution >= 4 is 6.21 Å². The first kappa shape index (κ1) is 12.3. The molecule has 0 amide bonds. The number of rotatable bonds is 6. The van der Waals surface area contributed by atoms with E-state index in [1.165, 1.54) is 18.0 Å². The van der Waals surface area contributed by atoms with Crippen LogP contribution in [0, 0.1) is 0 Å². The number of unbranched alkanes of at least 4 members (excludes halogenated alkanes) is 1. The van der Waals surface area contributed by atoms with Gasteiger partial charge in [0.1, 0.15) is 12.0 Å². The van der Waals surface area contributed by atoms with Gasteiger partial charge in [-0.15, -0.1) is 0 Å². The highest BCUT2D eigenvalue weighted by Gasteiger charge is 2.02. The number of aryl methyl sites for hydroxylation is 2. The monoisotopic (exact) mass is 245 g/mol. The number of pyridine rings is 1. The zero-order valence-corrected chi connectivity index (χ0v) is 9.99. The van der Waals surface area contributed by atoms with Crippen molar-refractivity contribution in [3.63, 3.8) is 0 Å². The van der Waals surface area contributed by atoms with Crippen LogP contribution < -0.4 is 0 Å². The van der Waals surface area contributed by atoms with Gasteiger partial charge in [-0.05, 0) is 30.9 Å². The van der Waals surface area contributed by atoms with Gasteiger partial charge in [-0.25, -0.2) is 4.98 Å². The van der Waals surface area contributed by atoms with E-state index in [1.807, 2.05) is 12.3 Å². The fraction of sp³-hybridized carbons (Fsp3) is 0.308. The van der Waals surface area contributed by atoms with Crippen molar-refractivity contribution in [1.29, 1.82) is 0 Å². The van der Waals surface area contributed by atoms with E-state index in [4.69, 9.17) is 9.62 Å². The summed E-state index contributed by atoms with van der Waals surface area (Å²) in [6.07, 6.45) is 10.3. The van der Waals surface area contributed by atoms with Crippen LogP contribution in [-0.2, 0) is 12.8 Å². The Kier molecular flexibility index (Phi) is 4.46. The third kappa shape index (κ3) is 3.69. The van der Waals surface area contributed by atoms with Gasteiger partial charge in [0, 0.05) is 18.8 Å². The first-order valence-corrected chi connectivity index (χ1v) is 5.89. The van der Waals surface area contributed by atoms with Gasteiger partial charge in [-0.2, -0.15) is 0 Å². The molecular formula is C13H15N3O2. The summed E-state index contributed by atoms with van der Waals surface area (Å²) in [7, 11) is 0. The Hall–Kier alpha value is -2.17. The first-order chi connectivity index (χ1) is 8.88. The van der Waals surface area contributed by atoms with Crippen LogP contribution in [-0.4, -0.2) is 21.4 Å². The highest BCUT2D eigenvalue weighted by molar-refractivity contribution is 5.75. The van der Waals surface area contributed by atoms with Crippen LogP contribution in [0.15, 0.2) is 40.4 Å². The van der Waals surface area contributed by atoms with Gasteiger partial charge in [0.15, 0.2) is 5.89 Å². The van der Waals surface area contributed by atoms with Crippen molar-refractivity contribution in [2.75, 3.05) is 0 Å². The third-order valence-electron chi connectivity index (χ3n) is 2.59. The molecule has 0 aliphatic rings. The highest BCUT2D eigenvalue weighted by atomic mass is 16.4. The molecule has 2 rings (SSSR count). The summed E-state index contributed by atoms with van der Waals surface area (Å²) >= 11 is 0. The van der Waals surface area contributed by atoms with Crippen LogP contribution in [0.25, 0.3) is 0 Å². The maximum absolute atomic E-state index is 8.35. The van der Waals surface area contributed by atoms with Crippen LogP contribution in [0.2, 0.25) is 0 Å². The number of nitrogens with zero attached hydrogens (tertiary/aromatic N) is 3. The lowest BCUT2D eigenvalue weighted by atomic mass is 10.1. The van der Waals surface area contributed by atoms with E-state index in [9.17, 15) is 0 Å². The third-order valence-corrected chi connectivity index (χ3v) is 2.59. The molecule has 2 aromatic rings. The summed E-state index contributed by atoms with van der Waals surface area (Å²) in [6, 6.07) is 4.03. The van der Waals surface area contributed by atoms with E-state index in [1.54, 1.807) is 6.20 Å². The van der Waals surface area contributed by atoms with Crippen LogP contribution in [0.1, 0.15) is 30.0 Å². The van der Waals surface area contributed by atoms with Crippen molar-refractivity contribution in [3.8, 4) is 0 Å². The molecule has 0 radical (unpaired) electrons. The summed E-state index contributed by atoms with van der Waals surface area (Å²) in [4.78, 5) is 8.23. The zero-order chi connectivity index (χ0) is 12.6. The number of oxime groups is 1. The number of hydrogen-bond donors (Lipinski definition) is 1. The Morgan fingerprint density at radius 3 is 3.00 bits per heavy atom. The fourth-order valence-corrected chi connectivity index (χ4v) is 1.71. The maximum Gasteiger partial charge on any atom is 0.194 e. The Morgan fingerprint density at radius 1 is 1.33 bits per heavy atom. The standard InChI is InChI=1S/C13H15N3O2/c17-15-9-12-10-18-13(16-12)6-2-1-4-11-5-3-7-14-8-11/h3,5,7-10,17H,1-2,4,6H2. The molecule has 5 heteroatoms. The zero-order valence-electron chi connectivity index (χ0n) is 9.99. The Bertz CT molecular complexity index is 494. The molecule has 0 bridgehead atoms. The van der Waals surface area contributed by atoms with Crippen molar-refractivity contribution in [1.82, 2.24) is 9.97 Å². The molecule has 0 saturated heterocycles. The van der Waals surface area contributed by atoms with Crippen molar-refractivity contribution in [2.24, 2.45) is 5.16 Å². The molecule has 0 aliphatic heterocycles. The van der Waals surface area contributed by atoms with Crippen molar-refractivity contribution < 1.29 is 9.62 Å². The molecule has 0 aromatic carbocycles. The summed E-state index contributed by atoms with van der Waals surface area (Å²) in [6.45, 7) is 0. The van der Waals surface area contributed by atoms with E-state index in [0.29, 0.717) is 11.6 Å². The lowest BCUT2D eigenvalue weighted by molar-refractivity contribution is 0.321. The molecule has 2 aromatic heterocycles. The summed E-state index contributed by atoms with van der Waals surface area (Å²) < 4.78 is 5.24. The molecule has 18 heavy (non-hydrogen) atoms. The van der Waals surface area contributed by atoms with Gasteiger partial charge >= 0.3 is 0 Å². The van der Waals surface area contributed by atoms with Gasteiger partial charge in [0.25, 0.3) is 0 Å². The predicted molar refractivity (Wildman–Crippen MR) is 66.8 cm³/mol. The van der Waals surface area contributed by atoms with Gasteiger partial charge in [0.05, 0.1) is 6.21 Å². The van der Waals surface area contributed by atoms with Gasteiger partial charge in [-0.3, -0.25) is 4.98 Å². The van der Waals surface area contributed by atoms with E-state index in [0.717, 1.165) is 25.7 Å². The van der Waals surface area contributed by atoms with Crippen LogP contribution >= 0.6 is 0 Å². The topological polar surface area (TPSA) is 71.5 Å². The van der Waals surface area contributed by atoms with Gasteiger partial charge in [0.2, 0.25) is 0 Å². The van der Waals surface area contributed by atoms with Gasteiger partial charge < -0.3 is 9.62 Å². The Labute approximate surface area is 105 Å². The number of oxazole rings is 1.